The van der Waals surface area contributed by atoms with Crippen LogP contribution in [0.1, 0.15) is 13.8 Å². The molecule has 0 heterocycles. The van der Waals surface area contributed by atoms with Gasteiger partial charge < -0.3 is 9.64 Å². The molecule has 84 valence electrons. The molecule has 15 heavy (non-hydrogen) atoms. The summed E-state index contributed by atoms with van der Waals surface area (Å²) in [6.07, 6.45) is 0. The van der Waals surface area contributed by atoms with E-state index in [2.05, 4.69) is 18.7 Å². The Morgan fingerprint density at radius 2 is 1.73 bits per heavy atom. The number of hydrogen-bond donors (Lipinski definition) is 0. The van der Waals surface area contributed by atoms with Crippen LogP contribution < -0.4 is 4.74 Å². The lowest BCUT2D eigenvalue weighted by Gasteiger charge is -2.17. The number of halogens is 1. The van der Waals surface area contributed by atoms with Crippen LogP contribution in [0.25, 0.3) is 0 Å². The maximum Gasteiger partial charge on any atom is 0.123 e. The Kier molecular flexibility index (Phi) is 5.12. The Morgan fingerprint density at radius 1 is 1.13 bits per heavy atom. The van der Waals surface area contributed by atoms with E-state index in [1.807, 2.05) is 0 Å². The summed E-state index contributed by atoms with van der Waals surface area (Å²) < 4.78 is 18.1. The van der Waals surface area contributed by atoms with Gasteiger partial charge in [0.1, 0.15) is 18.2 Å². The number of nitrogens with zero attached hydrogens (tertiary/aromatic N) is 1. The predicted octanol–water partition coefficient (Wildman–Crippen LogP) is 2.55. The van der Waals surface area contributed by atoms with E-state index in [9.17, 15) is 4.39 Å². The normalized spacial score (nSPS) is 10.7. The largest absolute Gasteiger partial charge is 0.492 e. The molecular weight excluding hydrogens is 193 g/mol. The molecule has 0 fully saturated rings. The van der Waals surface area contributed by atoms with Crippen molar-refractivity contribution in [3.63, 3.8) is 0 Å². The molecular formula is C12H18FNO. The third-order valence-electron chi connectivity index (χ3n) is 2.38. The molecule has 0 aliphatic carbocycles. The third-order valence-corrected chi connectivity index (χ3v) is 2.38. The van der Waals surface area contributed by atoms with Gasteiger partial charge >= 0.3 is 0 Å². The van der Waals surface area contributed by atoms with Gasteiger partial charge in [-0.15, -0.1) is 0 Å². The molecule has 0 bridgehead atoms. The number of hydrogen-bond acceptors (Lipinski definition) is 2. The minimum Gasteiger partial charge on any atom is -0.492 e. The lowest BCUT2D eigenvalue weighted by molar-refractivity contribution is 0.222. The topological polar surface area (TPSA) is 12.5 Å². The minimum atomic E-state index is -0.230. The second-order valence-electron chi connectivity index (χ2n) is 3.33. The standard InChI is InChI=1S/C12H18FNO/c1-3-14(4-2)9-10-15-12-7-5-11(13)6-8-12/h5-8H,3-4,9-10H2,1-2H3. The first-order valence-electron chi connectivity index (χ1n) is 5.37. The molecule has 0 unspecified atom stereocenters. The maximum atomic E-state index is 12.6. The van der Waals surface area contributed by atoms with Gasteiger partial charge in [-0.05, 0) is 37.4 Å². The van der Waals surface area contributed by atoms with E-state index in [1.165, 1.54) is 12.1 Å². The summed E-state index contributed by atoms with van der Waals surface area (Å²) in [6.45, 7) is 7.87. The van der Waals surface area contributed by atoms with Crippen molar-refractivity contribution in [2.24, 2.45) is 0 Å². The average Bonchev–Trinajstić information content (AvgIpc) is 2.27. The molecule has 0 spiro atoms. The highest BCUT2D eigenvalue weighted by Gasteiger charge is 1.99. The highest BCUT2D eigenvalue weighted by Crippen LogP contribution is 2.10. The van der Waals surface area contributed by atoms with E-state index in [0.29, 0.717) is 6.61 Å². The maximum absolute atomic E-state index is 12.6. The van der Waals surface area contributed by atoms with Crippen molar-refractivity contribution in [2.45, 2.75) is 13.8 Å². The van der Waals surface area contributed by atoms with Gasteiger partial charge in [-0.1, -0.05) is 13.8 Å². The fourth-order valence-corrected chi connectivity index (χ4v) is 1.36. The monoisotopic (exact) mass is 211 g/mol. The fourth-order valence-electron chi connectivity index (χ4n) is 1.36. The number of ether oxygens (including phenoxy) is 1. The van der Waals surface area contributed by atoms with Crippen molar-refractivity contribution >= 4 is 0 Å². The van der Waals surface area contributed by atoms with Crippen LogP contribution in [0.2, 0.25) is 0 Å². The molecule has 0 aliphatic heterocycles. The first kappa shape index (κ1) is 12.0. The van der Waals surface area contributed by atoms with E-state index >= 15 is 0 Å². The van der Waals surface area contributed by atoms with Gasteiger partial charge in [-0.25, -0.2) is 4.39 Å². The predicted molar refractivity (Wildman–Crippen MR) is 59.7 cm³/mol. The van der Waals surface area contributed by atoms with Crippen LogP contribution >= 0.6 is 0 Å². The summed E-state index contributed by atoms with van der Waals surface area (Å²) >= 11 is 0. The van der Waals surface area contributed by atoms with Crippen LogP contribution in [0.4, 0.5) is 4.39 Å². The van der Waals surface area contributed by atoms with Crippen LogP contribution in [0, 0.1) is 5.82 Å². The average molecular weight is 211 g/mol. The van der Waals surface area contributed by atoms with Gasteiger partial charge in [0.25, 0.3) is 0 Å². The fraction of sp³-hybridized carbons (Fsp3) is 0.500. The highest BCUT2D eigenvalue weighted by molar-refractivity contribution is 5.21. The van der Waals surface area contributed by atoms with Crippen molar-refractivity contribution in [3.8, 4) is 5.75 Å². The second kappa shape index (κ2) is 6.40. The Morgan fingerprint density at radius 3 is 2.27 bits per heavy atom. The summed E-state index contributed by atoms with van der Waals surface area (Å²) in [6, 6.07) is 6.12. The van der Waals surface area contributed by atoms with Crippen LogP contribution in [-0.4, -0.2) is 31.1 Å². The van der Waals surface area contributed by atoms with E-state index in [0.717, 1.165) is 25.4 Å². The molecule has 0 saturated heterocycles. The smallest absolute Gasteiger partial charge is 0.123 e. The van der Waals surface area contributed by atoms with Crippen molar-refractivity contribution in [1.82, 2.24) is 4.90 Å². The molecule has 0 saturated carbocycles. The van der Waals surface area contributed by atoms with E-state index < -0.39 is 0 Å². The van der Waals surface area contributed by atoms with Gasteiger partial charge in [0, 0.05) is 6.54 Å². The van der Waals surface area contributed by atoms with Crippen LogP contribution in [-0.2, 0) is 0 Å². The summed E-state index contributed by atoms with van der Waals surface area (Å²) in [7, 11) is 0. The SMILES string of the molecule is CCN(CC)CCOc1ccc(F)cc1. The second-order valence-corrected chi connectivity index (χ2v) is 3.33. The number of benzene rings is 1. The molecule has 1 aromatic rings. The third kappa shape index (κ3) is 4.30. The van der Waals surface area contributed by atoms with E-state index in [4.69, 9.17) is 4.74 Å². The number of likely N-dealkylation sites (N-methyl/N-ethyl adjacent to an activating group) is 1. The Hall–Kier alpha value is -1.09. The molecule has 3 heteroatoms. The zero-order valence-electron chi connectivity index (χ0n) is 9.37. The molecule has 0 atom stereocenters. The Bertz CT molecular complexity index is 269. The first-order valence-corrected chi connectivity index (χ1v) is 5.37. The molecule has 0 N–H and O–H groups in total. The lowest BCUT2D eigenvalue weighted by atomic mass is 10.3. The lowest BCUT2D eigenvalue weighted by Crippen LogP contribution is -2.27. The molecule has 0 radical (unpaired) electrons. The molecule has 2 nitrogen and oxygen atoms in total. The summed E-state index contributed by atoms with van der Waals surface area (Å²) in [5, 5.41) is 0. The van der Waals surface area contributed by atoms with Crippen LogP contribution in [0.5, 0.6) is 5.75 Å². The minimum absolute atomic E-state index is 0.230. The van der Waals surface area contributed by atoms with Gasteiger partial charge in [0.15, 0.2) is 0 Å². The Labute approximate surface area is 90.7 Å². The summed E-state index contributed by atoms with van der Waals surface area (Å²) in [4.78, 5) is 2.28. The molecule has 0 aromatic heterocycles. The van der Waals surface area contributed by atoms with Gasteiger partial charge in [-0.3, -0.25) is 0 Å². The Balaban J connectivity index is 2.28. The highest BCUT2D eigenvalue weighted by atomic mass is 19.1. The molecule has 1 aromatic carbocycles. The van der Waals surface area contributed by atoms with Crippen LogP contribution in [0.3, 0.4) is 0 Å². The van der Waals surface area contributed by atoms with Gasteiger partial charge in [0.05, 0.1) is 0 Å². The summed E-state index contributed by atoms with van der Waals surface area (Å²) in [5.74, 6) is 0.495. The van der Waals surface area contributed by atoms with Crippen molar-refractivity contribution in [1.29, 1.82) is 0 Å². The molecule has 0 amide bonds. The van der Waals surface area contributed by atoms with Crippen molar-refractivity contribution in [2.75, 3.05) is 26.2 Å². The zero-order chi connectivity index (χ0) is 11.1. The van der Waals surface area contributed by atoms with E-state index in [-0.39, 0.29) is 5.82 Å². The van der Waals surface area contributed by atoms with Gasteiger partial charge in [-0.2, -0.15) is 0 Å². The van der Waals surface area contributed by atoms with Crippen molar-refractivity contribution in [3.05, 3.63) is 30.1 Å². The van der Waals surface area contributed by atoms with E-state index in [1.54, 1.807) is 12.1 Å². The molecule has 1 rings (SSSR count). The quantitative estimate of drug-likeness (QED) is 0.717. The first-order chi connectivity index (χ1) is 7.26. The van der Waals surface area contributed by atoms with Crippen LogP contribution in [0.15, 0.2) is 24.3 Å². The number of rotatable bonds is 6. The summed E-state index contributed by atoms with van der Waals surface area (Å²) in [5.41, 5.74) is 0. The zero-order valence-corrected chi connectivity index (χ0v) is 9.37. The van der Waals surface area contributed by atoms with Crippen molar-refractivity contribution < 1.29 is 9.13 Å². The van der Waals surface area contributed by atoms with Gasteiger partial charge in [0.2, 0.25) is 0 Å². The molecule has 0 aliphatic rings.